The van der Waals surface area contributed by atoms with Gasteiger partial charge in [0.25, 0.3) is 11.8 Å². The number of methoxy groups -OCH3 is 1. The highest BCUT2D eigenvalue weighted by atomic mass is 32.1. The molecule has 35 heavy (non-hydrogen) atoms. The van der Waals surface area contributed by atoms with Crippen LogP contribution in [-0.2, 0) is 0 Å². The molecule has 0 unspecified atom stereocenters. The molecule has 2 atom stereocenters. The lowest BCUT2D eigenvalue weighted by atomic mass is 10.1. The Morgan fingerprint density at radius 2 is 1.74 bits per heavy atom. The van der Waals surface area contributed by atoms with E-state index in [-0.39, 0.29) is 23.9 Å². The van der Waals surface area contributed by atoms with E-state index in [2.05, 4.69) is 35.1 Å². The van der Waals surface area contributed by atoms with E-state index in [0.717, 1.165) is 21.5 Å². The smallest absolute Gasteiger partial charge is 0.270 e. The number of fused-ring (bicyclic) bond motifs is 1. The lowest BCUT2D eigenvalue weighted by Gasteiger charge is -2.40. The van der Waals surface area contributed by atoms with Gasteiger partial charge in [-0.3, -0.25) is 9.59 Å². The van der Waals surface area contributed by atoms with Crippen LogP contribution in [0.3, 0.4) is 0 Å². The van der Waals surface area contributed by atoms with Crippen molar-refractivity contribution in [3.63, 3.8) is 0 Å². The molecule has 2 amide bonds. The summed E-state index contributed by atoms with van der Waals surface area (Å²) in [5.74, 6) is 0.714. The number of ether oxygens (including phenoxy) is 1. The Hall–Kier alpha value is -3.58. The van der Waals surface area contributed by atoms with E-state index in [1.54, 1.807) is 42.7 Å². The number of piperazine rings is 1. The summed E-state index contributed by atoms with van der Waals surface area (Å²) in [6, 6.07) is 21.5. The first kappa shape index (κ1) is 23.2. The second-order valence-corrected chi connectivity index (χ2v) is 9.89. The third-order valence-corrected chi connectivity index (χ3v) is 7.77. The average Bonchev–Trinajstić information content (AvgIpc) is 3.49. The number of aromatic nitrogens is 1. The Labute approximate surface area is 209 Å². The fourth-order valence-electron chi connectivity index (χ4n) is 4.88. The monoisotopic (exact) mass is 487 g/mol. The Bertz CT molecular complexity index is 1340. The normalized spacial score (nSPS) is 16.9. The van der Waals surface area contributed by atoms with Crippen molar-refractivity contribution >= 4 is 33.4 Å². The van der Waals surface area contributed by atoms with Crippen molar-refractivity contribution in [3.05, 3.63) is 88.9 Å². The van der Waals surface area contributed by atoms with Gasteiger partial charge in [-0.05, 0) is 61.2 Å². The van der Waals surface area contributed by atoms with Crippen LogP contribution >= 0.6 is 11.3 Å². The van der Waals surface area contributed by atoms with Crippen LogP contribution < -0.4 is 4.74 Å². The molecule has 0 saturated carbocycles. The molecule has 0 spiro atoms. The van der Waals surface area contributed by atoms with Crippen molar-refractivity contribution in [2.75, 3.05) is 26.7 Å². The van der Waals surface area contributed by atoms with Gasteiger partial charge in [0.05, 0.1) is 13.2 Å². The highest BCUT2D eigenvalue weighted by Crippen LogP contribution is 2.32. The van der Waals surface area contributed by atoms with Gasteiger partial charge in [-0.25, -0.2) is 0 Å². The number of hydrogen-bond donors (Lipinski definition) is 0. The minimum Gasteiger partial charge on any atom is -0.497 e. The molecule has 1 fully saturated rings. The summed E-state index contributed by atoms with van der Waals surface area (Å²) in [6.07, 6.45) is 0. The molecule has 1 aliphatic heterocycles. The molecular weight excluding hydrogens is 458 g/mol. The third-order valence-electron chi connectivity index (χ3n) is 6.85. The zero-order valence-electron chi connectivity index (χ0n) is 20.2. The predicted molar refractivity (Wildman–Crippen MR) is 139 cm³/mol. The van der Waals surface area contributed by atoms with E-state index in [9.17, 15) is 9.59 Å². The Morgan fingerprint density at radius 1 is 1.00 bits per heavy atom. The van der Waals surface area contributed by atoms with Crippen molar-refractivity contribution in [2.24, 2.45) is 0 Å². The van der Waals surface area contributed by atoms with Gasteiger partial charge in [0.15, 0.2) is 0 Å². The zero-order chi connectivity index (χ0) is 24.5. The first-order valence-corrected chi connectivity index (χ1v) is 12.7. The van der Waals surface area contributed by atoms with Crippen LogP contribution in [0.4, 0.5) is 0 Å². The number of thiophene rings is 1. The van der Waals surface area contributed by atoms with Crippen LogP contribution in [0, 0.1) is 0 Å². The highest BCUT2D eigenvalue weighted by molar-refractivity contribution is 7.16. The SMILES string of the molecule is COc1ccc(C(=O)N2CCN(C(=O)c3cc4ccsc4n3[C@H](C)c3ccccc3)C[C@@H]2C)cc1. The van der Waals surface area contributed by atoms with Crippen molar-refractivity contribution < 1.29 is 14.3 Å². The maximum absolute atomic E-state index is 13.8. The summed E-state index contributed by atoms with van der Waals surface area (Å²) < 4.78 is 7.36. The topological polar surface area (TPSA) is 54.8 Å². The van der Waals surface area contributed by atoms with Crippen molar-refractivity contribution in [2.45, 2.75) is 25.9 Å². The summed E-state index contributed by atoms with van der Waals surface area (Å²) >= 11 is 1.66. The number of nitrogens with zero attached hydrogens (tertiary/aromatic N) is 3. The zero-order valence-corrected chi connectivity index (χ0v) is 21.0. The van der Waals surface area contributed by atoms with Gasteiger partial charge >= 0.3 is 0 Å². The standard InChI is InChI=1S/C28H29N3O3S/c1-19-18-29(14-15-30(19)26(32)22-9-11-24(34-3)12-10-22)27(33)25-17-23-13-16-35-28(23)31(25)20(2)21-7-5-4-6-8-21/h4-13,16-17,19-20H,14-15,18H2,1-3H3/t19-,20+/m0/s1. The van der Waals surface area contributed by atoms with Crippen molar-refractivity contribution in [3.8, 4) is 5.75 Å². The summed E-state index contributed by atoms with van der Waals surface area (Å²) in [5, 5.41) is 3.15. The molecular formula is C28H29N3O3S. The van der Waals surface area contributed by atoms with Crippen LogP contribution in [0.1, 0.15) is 46.3 Å². The van der Waals surface area contributed by atoms with Crippen LogP contribution in [-0.4, -0.2) is 59.0 Å². The first-order valence-electron chi connectivity index (χ1n) is 11.9. The number of carbonyl (C=O) groups is 2. The quantitative estimate of drug-likeness (QED) is 0.384. The van der Waals surface area contributed by atoms with Crippen LogP contribution in [0.2, 0.25) is 0 Å². The summed E-state index contributed by atoms with van der Waals surface area (Å²) in [4.78, 5) is 31.7. The predicted octanol–water partition coefficient (Wildman–Crippen LogP) is 5.31. The van der Waals surface area contributed by atoms with Gasteiger partial charge in [-0.1, -0.05) is 30.3 Å². The Morgan fingerprint density at radius 3 is 2.43 bits per heavy atom. The van der Waals surface area contributed by atoms with E-state index >= 15 is 0 Å². The summed E-state index contributed by atoms with van der Waals surface area (Å²) in [6.45, 7) is 5.65. The van der Waals surface area contributed by atoms with Crippen molar-refractivity contribution in [1.29, 1.82) is 0 Å². The summed E-state index contributed by atoms with van der Waals surface area (Å²) in [7, 11) is 1.61. The van der Waals surface area contributed by atoms with E-state index in [0.29, 0.717) is 30.9 Å². The van der Waals surface area contributed by atoms with E-state index in [1.807, 2.05) is 41.0 Å². The first-order chi connectivity index (χ1) is 17.0. The fourth-order valence-corrected chi connectivity index (χ4v) is 5.85. The second-order valence-electron chi connectivity index (χ2n) is 8.99. The van der Waals surface area contributed by atoms with Gasteiger partial charge in [0, 0.05) is 36.6 Å². The van der Waals surface area contributed by atoms with Gasteiger partial charge < -0.3 is 19.1 Å². The van der Waals surface area contributed by atoms with Gasteiger partial charge in [-0.2, -0.15) is 0 Å². The average molecular weight is 488 g/mol. The Kier molecular flexibility index (Phi) is 6.34. The number of benzene rings is 2. The second kappa shape index (κ2) is 9.58. The molecule has 1 saturated heterocycles. The third kappa shape index (κ3) is 4.32. The van der Waals surface area contributed by atoms with Crippen LogP contribution in [0.25, 0.3) is 10.2 Å². The largest absolute Gasteiger partial charge is 0.497 e. The molecule has 7 heteroatoms. The molecule has 2 aromatic heterocycles. The van der Waals surface area contributed by atoms with Crippen LogP contribution in [0.5, 0.6) is 5.75 Å². The number of carbonyl (C=O) groups excluding carboxylic acids is 2. The highest BCUT2D eigenvalue weighted by Gasteiger charge is 2.33. The van der Waals surface area contributed by atoms with Gasteiger partial charge in [-0.15, -0.1) is 11.3 Å². The Balaban J connectivity index is 1.37. The van der Waals surface area contributed by atoms with E-state index < -0.39 is 0 Å². The fraction of sp³-hybridized carbons (Fsp3) is 0.286. The minimum atomic E-state index is -0.0848. The number of hydrogen-bond acceptors (Lipinski definition) is 4. The number of rotatable bonds is 5. The van der Waals surface area contributed by atoms with Gasteiger partial charge in [0.1, 0.15) is 16.3 Å². The minimum absolute atomic E-state index is 0.0135. The lowest BCUT2D eigenvalue weighted by Crippen LogP contribution is -2.55. The van der Waals surface area contributed by atoms with E-state index in [4.69, 9.17) is 4.74 Å². The van der Waals surface area contributed by atoms with E-state index in [1.165, 1.54) is 0 Å². The van der Waals surface area contributed by atoms with Gasteiger partial charge in [0.2, 0.25) is 0 Å². The molecule has 0 aliphatic carbocycles. The summed E-state index contributed by atoms with van der Waals surface area (Å²) in [5.41, 5.74) is 2.49. The maximum Gasteiger partial charge on any atom is 0.270 e. The molecule has 0 bridgehead atoms. The molecule has 3 heterocycles. The lowest BCUT2D eigenvalue weighted by molar-refractivity contribution is 0.0409. The maximum atomic E-state index is 13.8. The molecule has 0 radical (unpaired) electrons. The molecule has 0 N–H and O–H groups in total. The molecule has 4 aromatic rings. The molecule has 5 rings (SSSR count). The van der Waals surface area contributed by atoms with Crippen molar-refractivity contribution in [1.82, 2.24) is 14.4 Å². The molecule has 2 aromatic carbocycles. The number of amides is 2. The molecule has 180 valence electrons. The molecule has 1 aliphatic rings. The molecule has 6 nitrogen and oxygen atoms in total. The van der Waals surface area contributed by atoms with Crippen LogP contribution in [0.15, 0.2) is 72.1 Å².